The molecular formula is C15H18Cl2N2O5. The Hall–Kier alpha value is -1.83. The first kappa shape index (κ1) is 20.2. The third kappa shape index (κ3) is 5.67. The van der Waals surface area contributed by atoms with Crippen LogP contribution in [0.25, 0.3) is 0 Å². The van der Waals surface area contributed by atoms with Crippen molar-refractivity contribution in [2.75, 3.05) is 26.8 Å². The maximum atomic E-state index is 12.3. The molecule has 1 atom stereocenters. The minimum Gasteiger partial charge on any atom is -0.480 e. The van der Waals surface area contributed by atoms with Crippen LogP contribution in [0.15, 0.2) is 18.2 Å². The number of amides is 2. The maximum absolute atomic E-state index is 12.3. The molecular weight excluding hydrogens is 359 g/mol. The van der Waals surface area contributed by atoms with E-state index in [-0.39, 0.29) is 28.8 Å². The monoisotopic (exact) mass is 376 g/mol. The Bertz CT molecular complexity index is 624. The summed E-state index contributed by atoms with van der Waals surface area (Å²) in [6.45, 7) is 1.25. The summed E-state index contributed by atoms with van der Waals surface area (Å²) in [4.78, 5) is 36.5. The molecule has 24 heavy (non-hydrogen) atoms. The number of nitrogens with one attached hydrogen (secondary N) is 1. The smallest absolute Gasteiger partial charge is 0.323 e. The van der Waals surface area contributed by atoms with Gasteiger partial charge in [0, 0.05) is 13.7 Å². The summed E-state index contributed by atoms with van der Waals surface area (Å²) in [5.74, 6) is -2.28. The zero-order chi connectivity index (χ0) is 18.3. The van der Waals surface area contributed by atoms with E-state index in [1.54, 1.807) is 6.07 Å². The minimum absolute atomic E-state index is 0.0816. The minimum atomic E-state index is -1.16. The SMILES string of the molecule is COCCN(CC(=O)O)C(=O)C(C)NC(=O)c1cccc(Cl)c1Cl. The fourth-order valence-corrected chi connectivity index (χ4v) is 2.31. The predicted molar refractivity (Wildman–Crippen MR) is 89.5 cm³/mol. The predicted octanol–water partition coefficient (Wildman–Crippen LogP) is 1.67. The summed E-state index contributed by atoms with van der Waals surface area (Å²) >= 11 is 11.8. The number of ether oxygens (including phenoxy) is 1. The van der Waals surface area contributed by atoms with E-state index in [1.165, 1.54) is 26.2 Å². The number of aliphatic carboxylic acids is 1. The van der Waals surface area contributed by atoms with Crippen molar-refractivity contribution in [3.63, 3.8) is 0 Å². The Morgan fingerprint density at radius 1 is 1.33 bits per heavy atom. The van der Waals surface area contributed by atoms with Gasteiger partial charge in [0.05, 0.1) is 22.2 Å². The van der Waals surface area contributed by atoms with Gasteiger partial charge in [-0.25, -0.2) is 0 Å². The number of methoxy groups -OCH3 is 1. The molecule has 0 heterocycles. The second kappa shape index (κ2) is 9.46. The van der Waals surface area contributed by atoms with Crippen LogP contribution in [0, 0.1) is 0 Å². The molecule has 1 aromatic rings. The zero-order valence-electron chi connectivity index (χ0n) is 13.2. The standard InChI is InChI=1S/C15H18Cl2N2O5/c1-9(15(23)19(6-7-24-2)8-12(20)21)18-14(22)10-4-3-5-11(16)13(10)17/h3-5,9H,6-8H2,1-2H3,(H,18,22)(H,20,21). The quantitative estimate of drug-likeness (QED) is 0.719. The third-order valence-corrected chi connectivity index (χ3v) is 3.94. The number of nitrogens with zero attached hydrogens (tertiary/aromatic N) is 1. The highest BCUT2D eigenvalue weighted by Gasteiger charge is 2.25. The number of rotatable bonds is 8. The van der Waals surface area contributed by atoms with Crippen LogP contribution in [0.5, 0.6) is 0 Å². The Balaban J connectivity index is 2.81. The highest BCUT2D eigenvalue weighted by Crippen LogP contribution is 2.25. The molecule has 0 aromatic heterocycles. The molecule has 9 heteroatoms. The van der Waals surface area contributed by atoms with Crippen molar-refractivity contribution < 1.29 is 24.2 Å². The van der Waals surface area contributed by atoms with E-state index < -0.39 is 30.4 Å². The average Bonchev–Trinajstić information content (AvgIpc) is 2.52. The van der Waals surface area contributed by atoms with Gasteiger partial charge in [0.2, 0.25) is 5.91 Å². The van der Waals surface area contributed by atoms with Crippen molar-refractivity contribution in [2.45, 2.75) is 13.0 Å². The summed E-state index contributed by atoms with van der Waals surface area (Å²) in [5.41, 5.74) is 0.130. The lowest BCUT2D eigenvalue weighted by Gasteiger charge is -2.24. The van der Waals surface area contributed by atoms with Crippen LogP contribution in [0.1, 0.15) is 17.3 Å². The fraction of sp³-hybridized carbons (Fsp3) is 0.400. The van der Waals surface area contributed by atoms with Gasteiger partial charge in [-0.15, -0.1) is 0 Å². The first-order valence-corrected chi connectivity index (χ1v) is 7.78. The number of carboxylic acids is 1. The number of benzene rings is 1. The second-order valence-electron chi connectivity index (χ2n) is 4.94. The molecule has 1 aromatic carbocycles. The van der Waals surface area contributed by atoms with Crippen molar-refractivity contribution in [2.24, 2.45) is 0 Å². The van der Waals surface area contributed by atoms with Crippen molar-refractivity contribution >= 4 is 41.0 Å². The molecule has 0 aliphatic rings. The van der Waals surface area contributed by atoms with Crippen LogP contribution in [0.4, 0.5) is 0 Å². The third-order valence-electron chi connectivity index (χ3n) is 3.12. The Labute approximate surface area is 149 Å². The highest BCUT2D eigenvalue weighted by molar-refractivity contribution is 6.43. The lowest BCUT2D eigenvalue weighted by atomic mass is 10.2. The van der Waals surface area contributed by atoms with Crippen LogP contribution in [0.2, 0.25) is 10.0 Å². The molecule has 0 saturated carbocycles. The largest absolute Gasteiger partial charge is 0.480 e. The van der Waals surface area contributed by atoms with Gasteiger partial charge in [-0.05, 0) is 19.1 Å². The fourth-order valence-electron chi connectivity index (χ4n) is 1.92. The van der Waals surface area contributed by atoms with E-state index >= 15 is 0 Å². The molecule has 0 bridgehead atoms. The Kier molecular flexibility index (Phi) is 7.97. The van der Waals surface area contributed by atoms with Crippen molar-refractivity contribution in [3.8, 4) is 0 Å². The molecule has 0 radical (unpaired) electrons. The first-order chi connectivity index (χ1) is 11.3. The van der Waals surface area contributed by atoms with Gasteiger partial charge in [0.25, 0.3) is 5.91 Å². The van der Waals surface area contributed by atoms with E-state index in [0.717, 1.165) is 4.90 Å². The Morgan fingerprint density at radius 2 is 2.00 bits per heavy atom. The van der Waals surface area contributed by atoms with Gasteiger partial charge < -0.3 is 20.1 Å². The number of hydrogen-bond acceptors (Lipinski definition) is 4. The van der Waals surface area contributed by atoms with Crippen molar-refractivity contribution in [3.05, 3.63) is 33.8 Å². The maximum Gasteiger partial charge on any atom is 0.323 e. The van der Waals surface area contributed by atoms with Crippen LogP contribution in [-0.2, 0) is 14.3 Å². The molecule has 132 valence electrons. The molecule has 1 unspecified atom stereocenters. The van der Waals surface area contributed by atoms with Gasteiger partial charge in [-0.3, -0.25) is 14.4 Å². The highest BCUT2D eigenvalue weighted by atomic mass is 35.5. The van der Waals surface area contributed by atoms with Gasteiger partial charge in [0.15, 0.2) is 0 Å². The number of carbonyl (C=O) groups is 3. The topological polar surface area (TPSA) is 95.9 Å². The van der Waals surface area contributed by atoms with Crippen molar-refractivity contribution in [1.82, 2.24) is 10.2 Å². The van der Waals surface area contributed by atoms with Gasteiger partial charge in [-0.1, -0.05) is 29.3 Å². The second-order valence-corrected chi connectivity index (χ2v) is 5.73. The van der Waals surface area contributed by atoms with E-state index in [0.29, 0.717) is 0 Å². The van der Waals surface area contributed by atoms with Crippen LogP contribution < -0.4 is 5.32 Å². The number of carbonyl (C=O) groups excluding carboxylic acids is 2. The normalized spacial score (nSPS) is 11.7. The molecule has 0 spiro atoms. The van der Waals surface area contributed by atoms with Crippen LogP contribution in [-0.4, -0.2) is 60.6 Å². The molecule has 0 fully saturated rings. The number of carboxylic acid groups (broad SMARTS) is 1. The number of hydrogen-bond donors (Lipinski definition) is 2. The summed E-state index contributed by atoms with van der Waals surface area (Å²) < 4.78 is 4.86. The van der Waals surface area contributed by atoms with E-state index in [2.05, 4.69) is 5.32 Å². The molecule has 0 saturated heterocycles. The average molecular weight is 377 g/mol. The van der Waals surface area contributed by atoms with Crippen LogP contribution >= 0.6 is 23.2 Å². The molecule has 0 aliphatic carbocycles. The molecule has 0 aliphatic heterocycles. The Morgan fingerprint density at radius 3 is 2.58 bits per heavy atom. The first-order valence-electron chi connectivity index (χ1n) is 7.02. The lowest BCUT2D eigenvalue weighted by Crippen LogP contribution is -2.49. The lowest BCUT2D eigenvalue weighted by molar-refractivity contribution is -0.145. The summed E-state index contributed by atoms with van der Waals surface area (Å²) in [5, 5.41) is 11.7. The zero-order valence-corrected chi connectivity index (χ0v) is 14.7. The number of halogens is 2. The summed E-state index contributed by atoms with van der Waals surface area (Å²) in [7, 11) is 1.44. The van der Waals surface area contributed by atoms with Gasteiger partial charge in [0.1, 0.15) is 12.6 Å². The van der Waals surface area contributed by atoms with E-state index in [9.17, 15) is 14.4 Å². The van der Waals surface area contributed by atoms with Gasteiger partial charge >= 0.3 is 5.97 Å². The van der Waals surface area contributed by atoms with Crippen LogP contribution in [0.3, 0.4) is 0 Å². The summed E-state index contributed by atoms with van der Waals surface area (Å²) in [6, 6.07) is 3.63. The van der Waals surface area contributed by atoms with E-state index in [1.807, 2.05) is 0 Å². The van der Waals surface area contributed by atoms with E-state index in [4.69, 9.17) is 33.0 Å². The molecule has 2 amide bonds. The van der Waals surface area contributed by atoms with Gasteiger partial charge in [-0.2, -0.15) is 0 Å². The van der Waals surface area contributed by atoms with Crippen molar-refractivity contribution in [1.29, 1.82) is 0 Å². The molecule has 2 N–H and O–H groups in total. The molecule has 7 nitrogen and oxygen atoms in total. The summed E-state index contributed by atoms with van der Waals surface area (Å²) in [6.07, 6.45) is 0. The molecule has 1 rings (SSSR count).